The van der Waals surface area contributed by atoms with Crippen LogP contribution < -0.4 is 0 Å². The van der Waals surface area contributed by atoms with Gasteiger partial charge in [0.1, 0.15) is 0 Å². The first kappa shape index (κ1) is 10.7. The molecule has 1 fully saturated rings. The van der Waals surface area contributed by atoms with Gasteiger partial charge in [-0.15, -0.1) is 0 Å². The van der Waals surface area contributed by atoms with E-state index in [0.717, 1.165) is 30.7 Å². The fourth-order valence-corrected chi connectivity index (χ4v) is 2.78. The van der Waals surface area contributed by atoms with E-state index in [1.807, 2.05) is 30.3 Å². The Hall–Kier alpha value is -0.820. The third kappa shape index (κ3) is 1.93. The molecule has 0 bridgehead atoms. The Morgan fingerprint density at radius 3 is 2.47 bits per heavy atom. The van der Waals surface area contributed by atoms with Gasteiger partial charge in [0.2, 0.25) is 0 Å². The summed E-state index contributed by atoms with van der Waals surface area (Å²) in [5.41, 5.74) is 0.498. The molecule has 1 aromatic rings. The summed E-state index contributed by atoms with van der Waals surface area (Å²) in [6, 6.07) is 10.1. The molecule has 0 amide bonds. The van der Waals surface area contributed by atoms with Crippen molar-refractivity contribution in [1.29, 1.82) is 0 Å². The van der Waals surface area contributed by atoms with Crippen LogP contribution in [-0.2, 0) is 5.60 Å². The Morgan fingerprint density at radius 2 is 1.87 bits per heavy atom. The molecule has 15 heavy (non-hydrogen) atoms. The van der Waals surface area contributed by atoms with Gasteiger partial charge in [0.25, 0.3) is 0 Å². The van der Waals surface area contributed by atoms with Gasteiger partial charge in [-0.25, -0.2) is 0 Å². The maximum atomic E-state index is 10.7. The number of hydrogen-bond donors (Lipinski definition) is 1. The van der Waals surface area contributed by atoms with Crippen molar-refractivity contribution in [3.8, 4) is 0 Å². The van der Waals surface area contributed by atoms with Gasteiger partial charge in [0.15, 0.2) is 0 Å². The van der Waals surface area contributed by atoms with E-state index in [0.29, 0.717) is 5.92 Å². The lowest BCUT2D eigenvalue weighted by molar-refractivity contribution is -0.0587. The van der Waals surface area contributed by atoms with E-state index < -0.39 is 5.60 Å². The molecule has 1 aliphatic carbocycles. The summed E-state index contributed by atoms with van der Waals surface area (Å²) in [7, 11) is 0. The van der Waals surface area contributed by atoms with Gasteiger partial charge >= 0.3 is 0 Å². The standard InChI is InChI=1S/C14H20O/c1-11-8-9-14(15,12(2)10-11)13-6-4-3-5-7-13/h3-7,11-12,15H,8-10H2,1-2H3/t11-,12-,14+/m1/s1. The maximum absolute atomic E-state index is 10.7. The van der Waals surface area contributed by atoms with Crippen LogP contribution >= 0.6 is 0 Å². The molecule has 1 heteroatoms. The zero-order valence-electron chi connectivity index (χ0n) is 9.61. The minimum absolute atomic E-state index is 0.364. The zero-order chi connectivity index (χ0) is 10.9. The number of hydrogen-bond acceptors (Lipinski definition) is 1. The van der Waals surface area contributed by atoms with Crippen molar-refractivity contribution in [2.24, 2.45) is 11.8 Å². The molecule has 1 nitrogen and oxygen atoms in total. The first-order chi connectivity index (χ1) is 7.13. The Morgan fingerprint density at radius 1 is 1.20 bits per heavy atom. The predicted molar refractivity (Wildman–Crippen MR) is 62.5 cm³/mol. The molecule has 1 N–H and O–H groups in total. The number of benzene rings is 1. The van der Waals surface area contributed by atoms with Gasteiger partial charge in [0, 0.05) is 0 Å². The van der Waals surface area contributed by atoms with Gasteiger partial charge in [-0.2, -0.15) is 0 Å². The molecule has 1 aromatic carbocycles. The van der Waals surface area contributed by atoms with Crippen LogP contribution in [0.4, 0.5) is 0 Å². The minimum atomic E-state index is -0.590. The van der Waals surface area contributed by atoms with Gasteiger partial charge in [-0.3, -0.25) is 0 Å². The van der Waals surface area contributed by atoms with E-state index >= 15 is 0 Å². The van der Waals surface area contributed by atoms with Crippen molar-refractivity contribution < 1.29 is 5.11 Å². The summed E-state index contributed by atoms with van der Waals surface area (Å²) >= 11 is 0. The minimum Gasteiger partial charge on any atom is -0.385 e. The van der Waals surface area contributed by atoms with E-state index in [1.54, 1.807) is 0 Å². The summed E-state index contributed by atoms with van der Waals surface area (Å²) in [4.78, 5) is 0. The molecule has 0 spiro atoms. The monoisotopic (exact) mass is 204 g/mol. The van der Waals surface area contributed by atoms with Crippen LogP contribution in [0.25, 0.3) is 0 Å². The van der Waals surface area contributed by atoms with Crippen LogP contribution in [0.2, 0.25) is 0 Å². The Labute approximate surface area is 92.1 Å². The third-order valence-electron chi connectivity index (χ3n) is 3.86. The fourth-order valence-electron chi connectivity index (χ4n) is 2.78. The highest BCUT2D eigenvalue weighted by molar-refractivity contribution is 5.23. The second-order valence-corrected chi connectivity index (χ2v) is 5.07. The summed E-state index contributed by atoms with van der Waals surface area (Å²) in [6.07, 6.45) is 3.17. The summed E-state index contributed by atoms with van der Waals surface area (Å²) in [5.74, 6) is 1.12. The largest absolute Gasteiger partial charge is 0.385 e. The lowest BCUT2D eigenvalue weighted by Gasteiger charge is -2.41. The van der Waals surface area contributed by atoms with Gasteiger partial charge in [-0.05, 0) is 36.7 Å². The van der Waals surface area contributed by atoms with Crippen molar-refractivity contribution in [2.75, 3.05) is 0 Å². The van der Waals surface area contributed by atoms with Crippen molar-refractivity contribution in [3.05, 3.63) is 35.9 Å². The van der Waals surface area contributed by atoms with Crippen molar-refractivity contribution in [2.45, 2.75) is 38.7 Å². The van der Waals surface area contributed by atoms with Crippen molar-refractivity contribution >= 4 is 0 Å². The molecule has 0 unspecified atom stereocenters. The highest BCUT2D eigenvalue weighted by Crippen LogP contribution is 2.43. The summed E-state index contributed by atoms with van der Waals surface area (Å²) in [5, 5.41) is 10.7. The van der Waals surface area contributed by atoms with E-state index in [9.17, 15) is 5.11 Å². The first-order valence-corrected chi connectivity index (χ1v) is 5.91. The second-order valence-electron chi connectivity index (χ2n) is 5.07. The molecule has 0 radical (unpaired) electrons. The summed E-state index contributed by atoms with van der Waals surface area (Å²) in [6.45, 7) is 4.45. The molecule has 2 rings (SSSR count). The predicted octanol–water partition coefficient (Wildman–Crippen LogP) is 3.33. The van der Waals surface area contributed by atoms with Crippen molar-refractivity contribution in [1.82, 2.24) is 0 Å². The average molecular weight is 204 g/mol. The first-order valence-electron chi connectivity index (χ1n) is 5.91. The zero-order valence-corrected chi connectivity index (χ0v) is 9.61. The molecule has 0 aromatic heterocycles. The Balaban J connectivity index is 2.27. The van der Waals surface area contributed by atoms with Crippen LogP contribution in [0.5, 0.6) is 0 Å². The number of rotatable bonds is 1. The Bertz CT molecular complexity index is 319. The second kappa shape index (κ2) is 3.97. The average Bonchev–Trinajstić information content (AvgIpc) is 2.25. The van der Waals surface area contributed by atoms with Gasteiger partial charge in [0.05, 0.1) is 5.60 Å². The highest BCUT2D eigenvalue weighted by atomic mass is 16.3. The fraction of sp³-hybridized carbons (Fsp3) is 0.571. The van der Waals surface area contributed by atoms with Gasteiger partial charge in [-0.1, -0.05) is 44.2 Å². The number of aliphatic hydroxyl groups is 1. The molecule has 1 saturated carbocycles. The molecule has 1 aliphatic rings. The third-order valence-corrected chi connectivity index (χ3v) is 3.86. The Kier molecular flexibility index (Phi) is 2.83. The maximum Gasteiger partial charge on any atom is 0.0922 e. The molecular weight excluding hydrogens is 184 g/mol. The molecule has 3 atom stereocenters. The van der Waals surface area contributed by atoms with E-state index in [1.165, 1.54) is 0 Å². The van der Waals surface area contributed by atoms with E-state index in [4.69, 9.17) is 0 Å². The topological polar surface area (TPSA) is 20.2 Å². The van der Waals surface area contributed by atoms with Crippen molar-refractivity contribution in [3.63, 3.8) is 0 Å². The van der Waals surface area contributed by atoms with Gasteiger partial charge < -0.3 is 5.11 Å². The van der Waals surface area contributed by atoms with Crippen LogP contribution in [0.1, 0.15) is 38.7 Å². The lowest BCUT2D eigenvalue weighted by atomic mass is 9.69. The molecular formula is C14H20O. The van der Waals surface area contributed by atoms with Crippen LogP contribution in [0.15, 0.2) is 30.3 Å². The van der Waals surface area contributed by atoms with E-state index in [2.05, 4.69) is 13.8 Å². The quantitative estimate of drug-likeness (QED) is 0.744. The molecule has 0 heterocycles. The highest BCUT2D eigenvalue weighted by Gasteiger charge is 2.39. The normalized spacial score (nSPS) is 36.5. The van der Waals surface area contributed by atoms with Crippen LogP contribution in [-0.4, -0.2) is 5.11 Å². The molecule has 0 aliphatic heterocycles. The lowest BCUT2D eigenvalue weighted by Crippen LogP contribution is -2.38. The summed E-state index contributed by atoms with van der Waals surface area (Å²) < 4.78 is 0. The molecule has 82 valence electrons. The van der Waals surface area contributed by atoms with Crippen LogP contribution in [0.3, 0.4) is 0 Å². The molecule has 0 saturated heterocycles. The smallest absolute Gasteiger partial charge is 0.0922 e. The SMILES string of the molecule is C[C@@H]1CC[C@@](O)(c2ccccc2)[C@H](C)C1. The van der Waals surface area contributed by atoms with Crippen LogP contribution in [0, 0.1) is 11.8 Å². The van der Waals surface area contributed by atoms with E-state index in [-0.39, 0.29) is 0 Å².